The predicted octanol–water partition coefficient (Wildman–Crippen LogP) is 2.51. The van der Waals surface area contributed by atoms with Crippen LogP contribution in [0.3, 0.4) is 0 Å². The lowest BCUT2D eigenvalue weighted by Gasteiger charge is -2.12. The SMILES string of the molecule is Cc1ccc([N+](=O)[O-])cc1C(=O)NOC1CCCC1. The fourth-order valence-electron chi connectivity index (χ4n) is 2.17. The van der Waals surface area contributed by atoms with Crippen molar-refractivity contribution in [2.45, 2.75) is 38.7 Å². The zero-order chi connectivity index (χ0) is 13.8. The van der Waals surface area contributed by atoms with Crippen molar-refractivity contribution in [1.29, 1.82) is 0 Å². The van der Waals surface area contributed by atoms with Gasteiger partial charge in [-0.05, 0) is 25.3 Å². The van der Waals surface area contributed by atoms with Gasteiger partial charge in [0.05, 0.1) is 16.6 Å². The molecule has 1 aromatic carbocycles. The summed E-state index contributed by atoms with van der Waals surface area (Å²) in [6.45, 7) is 1.73. The maximum Gasteiger partial charge on any atom is 0.275 e. The fraction of sp³-hybridized carbons (Fsp3) is 0.462. The molecular weight excluding hydrogens is 248 g/mol. The second kappa shape index (κ2) is 5.79. The minimum atomic E-state index is -0.520. The van der Waals surface area contributed by atoms with E-state index in [1.54, 1.807) is 13.0 Å². The molecule has 2 rings (SSSR count). The molecule has 1 N–H and O–H groups in total. The van der Waals surface area contributed by atoms with Gasteiger partial charge in [-0.1, -0.05) is 18.9 Å². The van der Waals surface area contributed by atoms with Gasteiger partial charge in [-0.2, -0.15) is 0 Å². The van der Waals surface area contributed by atoms with Gasteiger partial charge in [-0.3, -0.25) is 19.7 Å². The zero-order valence-corrected chi connectivity index (χ0v) is 10.7. The van der Waals surface area contributed by atoms with Crippen LogP contribution in [0.25, 0.3) is 0 Å². The molecule has 0 heterocycles. The molecule has 6 heteroatoms. The van der Waals surface area contributed by atoms with Crippen LogP contribution in [0, 0.1) is 17.0 Å². The molecule has 1 aliphatic carbocycles. The van der Waals surface area contributed by atoms with E-state index in [4.69, 9.17) is 4.84 Å². The topological polar surface area (TPSA) is 81.5 Å². The number of nitrogens with one attached hydrogen (secondary N) is 1. The minimum absolute atomic E-state index is 0.0583. The third-order valence-corrected chi connectivity index (χ3v) is 3.30. The average molecular weight is 264 g/mol. The number of non-ortho nitro benzene ring substituents is 1. The molecule has 1 aromatic rings. The first kappa shape index (κ1) is 13.5. The summed E-state index contributed by atoms with van der Waals surface area (Å²) >= 11 is 0. The number of aryl methyl sites for hydroxylation is 1. The van der Waals surface area contributed by atoms with Gasteiger partial charge in [0.25, 0.3) is 11.6 Å². The maximum atomic E-state index is 11.9. The van der Waals surface area contributed by atoms with Crippen molar-refractivity contribution in [3.05, 3.63) is 39.4 Å². The number of hydrogen-bond acceptors (Lipinski definition) is 4. The average Bonchev–Trinajstić information content (AvgIpc) is 2.89. The van der Waals surface area contributed by atoms with Crippen molar-refractivity contribution in [3.63, 3.8) is 0 Å². The van der Waals surface area contributed by atoms with Gasteiger partial charge in [0.15, 0.2) is 0 Å². The quantitative estimate of drug-likeness (QED) is 0.669. The lowest BCUT2D eigenvalue weighted by atomic mass is 10.1. The first-order valence-corrected chi connectivity index (χ1v) is 6.29. The Morgan fingerprint density at radius 1 is 1.42 bits per heavy atom. The van der Waals surface area contributed by atoms with Crippen molar-refractivity contribution < 1.29 is 14.6 Å². The molecule has 1 aliphatic rings. The number of amides is 1. The standard InChI is InChI=1S/C13H16N2O4/c1-9-6-7-10(15(17)18)8-12(9)13(16)14-19-11-4-2-3-5-11/h6-8,11H,2-5H2,1H3,(H,14,16). The zero-order valence-electron chi connectivity index (χ0n) is 10.7. The van der Waals surface area contributed by atoms with Crippen molar-refractivity contribution in [2.75, 3.05) is 0 Å². The minimum Gasteiger partial charge on any atom is -0.270 e. The number of carbonyl (C=O) groups excluding carboxylic acids is 1. The monoisotopic (exact) mass is 264 g/mol. The molecule has 19 heavy (non-hydrogen) atoms. The number of nitrogens with zero attached hydrogens (tertiary/aromatic N) is 1. The first-order valence-electron chi connectivity index (χ1n) is 6.29. The normalized spacial score (nSPS) is 15.4. The third kappa shape index (κ3) is 3.29. The van der Waals surface area contributed by atoms with E-state index in [0.717, 1.165) is 25.7 Å². The molecule has 0 aliphatic heterocycles. The highest BCUT2D eigenvalue weighted by molar-refractivity contribution is 5.95. The van der Waals surface area contributed by atoms with Gasteiger partial charge in [-0.15, -0.1) is 0 Å². The van der Waals surface area contributed by atoms with Gasteiger partial charge < -0.3 is 0 Å². The Labute approximate surface area is 110 Å². The molecule has 0 radical (unpaired) electrons. The molecule has 6 nitrogen and oxygen atoms in total. The van der Waals surface area contributed by atoms with Crippen molar-refractivity contribution >= 4 is 11.6 Å². The van der Waals surface area contributed by atoms with Crippen LogP contribution in [-0.4, -0.2) is 16.9 Å². The Morgan fingerprint density at radius 2 is 2.11 bits per heavy atom. The van der Waals surface area contributed by atoms with Crippen LogP contribution in [0.1, 0.15) is 41.6 Å². The molecule has 1 fully saturated rings. The van der Waals surface area contributed by atoms with Crippen LogP contribution < -0.4 is 5.48 Å². The van der Waals surface area contributed by atoms with Crippen molar-refractivity contribution in [2.24, 2.45) is 0 Å². The summed E-state index contributed by atoms with van der Waals surface area (Å²) in [7, 11) is 0. The summed E-state index contributed by atoms with van der Waals surface area (Å²) in [5, 5.41) is 10.7. The molecule has 1 amide bonds. The summed E-state index contributed by atoms with van der Waals surface area (Å²) in [5.41, 5.74) is 3.24. The lowest BCUT2D eigenvalue weighted by molar-refractivity contribution is -0.384. The summed E-state index contributed by atoms with van der Waals surface area (Å²) in [6.07, 6.45) is 4.15. The van der Waals surface area contributed by atoms with Crippen molar-refractivity contribution in [1.82, 2.24) is 5.48 Å². The highest BCUT2D eigenvalue weighted by Gasteiger charge is 2.19. The highest BCUT2D eigenvalue weighted by Crippen LogP contribution is 2.21. The largest absolute Gasteiger partial charge is 0.275 e. The van der Waals surface area contributed by atoms with E-state index in [-0.39, 0.29) is 17.4 Å². The molecule has 0 unspecified atom stereocenters. The Morgan fingerprint density at radius 3 is 2.74 bits per heavy atom. The summed E-state index contributed by atoms with van der Waals surface area (Å²) in [5.74, 6) is -0.437. The van der Waals surface area contributed by atoms with E-state index in [1.807, 2.05) is 0 Å². The molecule has 1 saturated carbocycles. The number of hydroxylamine groups is 1. The Hall–Kier alpha value is -1.95. The summed E-state index contributed by atoms with van der Waals surface area (Å²) in [6, 6.07) is 4.20. The van der Waals surface area contributed by atoms with Crippen LogP contribution >= 0.6 is 0 Å². The fourth-order valence-corrected chi connectivity index (χ4v) is 2.17. The molecular formula is C13H16N2O4. The van der Waals surface area contributed by atoms with Crippen LogP contribution in [0.15, 0.2) is 18.2 Å². The number of nitro groups is 1. The summed E-state index contributed by atoms with van der Waals surface area (Å²) < 4.78 is 0. The second-order valence-corrected chi connectivity index (χ2v) is 4.71. The first-order chi connectivity index (χ1) is 9.08. The Kier molecular flexibility index (Phi) is 4.11. The van der Waals surface area contributed by atoms with Crippen LogP contribution in [0.5, 0.6) is 0 Å². The number of rotatable bonds is 4. The molecule has 0 bridgehead atoms. The number of benzene rings is 1. The maximum absolute atomic E-state index is 11.9. The van der Waals surface area contributed by atoms with Gasteiger partial charge in [-0.25, -0.2) is 5.48 Å². The third-order valence-electron chi connectivity index (χ3n) is 3.30. The van der Waals surface area contributed by atoms with E-state index < -0.39 is 10.8 Å². The molecule has 0 atom stereocenters. The van der Waals surface area contributed by atoms with E-state index in [0.29, 0.717) is 5.56 Å². The van der Waals surface area contributed by atoms with E-state index in [1.165, 1.54) is 12.1 Å². The van der Waals surface area contributed by atoms with Gasteiger partial charge >= 0.3 is 0 Å². The van der Waals surface area contributed by atoms with Gasteiger partial charge in [0.2, 0.25) is 0 Å². The Bertz CT molecular complexity index is 495. The van der Waals surface area contributed by atoms with Crippen molar-refractivity contribution in [3.8, 4) is 0 Å². The number of hydrogen-bond donors (Lipinski definition) is 1. The Balaban J connectivity index is 2.04. The van der Waals surface area contributed by atoms with E-state index in [9.17, 15) is 14.9 Å². The summed E-state index contributed by atoms with van der Waals surface area (Å²) in [4.78, 5) is 27.4. The van der Waals surface area contributed by atoms with Crippen LogP contribution in [0.4, 0.5) is 5.69 Å². The number of nitro benzene ring substituents is 1. The van der Waals surface area contributed by atoms with E-state index in [2.05, 4.69) is 5.48 Å². The highest BCUT2D eigenvalue weighted by atomic mass is 16.7. The van der Waals surface area contributed by atoms with Crippen LogP contribution in [-0.2, 0) is 4.84 Å². The second-order valence-electron chi connectivity index (χ2n) is 4.71. The van der Waals surface area contributed by atoms with Crippen LogP contribution in [0.2, 0.25) is 0 Å². The molecule has 0 aromatic heterocycles. The lowest BCUT2D eigenvalue weighted by Crippen LogP contribution is -2.28. The van der Waals surface area contributed by atoms with Gasteiger partial charge in [0, 0.05) is 12.1 Å². The smallest absolute Gasteiger partial charge is 0.270 e. The molecule has 0 spiro atoms. The number of carbonyl (C=O) groups is 1. The van der Waals surface area contributed by atoms with Gasteiger partial charge in [0.1, 0.15) is 0 Å². The predicted molar refractivity (Wildman–Crippen MR) is 68.6 cm³/mol. The molecule has 102 valence electrons. The molecule has 0 saturated heterocycles. The van der Waals surface area contributed by atoms with E-state index >= 15 is 0 Å².